The van der Waals surface area contributed by atoms with E-state index in [2.05, 4.69) is 11.8 Å². The molecule has 1 saturated heterocycles. The van der Waals surface area contributed by atoms with Crippen LogP contribution >= 0.6 is 23.8 Å². The molecule has 0 spiro atoms. The fourth-order valence-corrected chi connectivity index (χ4v) is 3.67. The molecule has 1 aliphatic rings. The molecule has 1 heterocycles. The van der Waals surface area contributed by atoms with Crippen LogP contribution in [0.2, 0.25) is 5.02 Å². The molecule has 2 aromatic carbocycles. The van der Waals surface area contributed by atoms with Gasteiger partial charge in [-0.25, -0.2) is 0 Å². The molecule has 1 aliphatic heterocycles. The Kier molecular flexibility index (Phi) is 6.38. The highest BCUT2D eigenvalue weighted by molar-refractivity contribution is 7.80. The van der Waals surface area contributed by atoms with Gasteiger partial charge in [0.2, 0.25) is 0 Å². The van der Waals surface area contributed by atoms with Crippen LogP contribution in [0.5, 0.6) is 11.5 Å². The van der Waals surface area contributed by atoms with E-state index in [1.165, 1.54) is 12.8 Å². The highest BCUT2D eigenvalue weighted by Gasteiger charge is 2.21. The van der Waals surface area contributed by atoms with Gasteiger partial charge in [0.1, 0.15) is 11.6 Å². The Bertz CT molecular complexity index is 758. The van der Waals surface area contributed by atoms with Crippen molar-refractivity contribution in [3.63, 3.8) is 0 Å². The Balaban J connectivity index is 1.77. The van der Waals surface area contributed by atoms with Gasteiger partial charge in [-0.2, -0.15) is 0 Å². The minimum absolute atomic E-state index is 0.435. The van der Waals surface area contributed by atoms with Gasteiger partial charge in [0.15, 0.2) is 11.5 Å². The Hall–Kier alpha value is -1.78. The largest absolute Gasteiger partial charge is 0.493 e. The van der Waals surface area contributed by atoms with Gasteiger partial charge in [0.05, 0.1) is 12.1 Å². The molecule has 0 bridgehead atoms. The van der Waals surface area contributed by atoms with E-state index in [0.717, 1.165) is 35.1 Å². The van der Waals surface area contributed by atoms with E-state index in [1.54, 1.807) is 7.11 Å². The van der Waals surface area contributed by atoms with E-state index < -0.39 is 0 Å². The standard InChI is InChI=1S/C21H24ClNO2S/c1-15-8-10-23(11-9-15)21(26)17-12-18(22)20(19(13-17)24-2)25-14-16-6-4-3-5-7-16/h3-7,12-13,15H,8-11,14H2,1-2H3. The zero-order valence-electron chi connectivity index (χ0n) is 15.2. The highest BCUT2D eigenvalue weighted by Crippen LogP contribution is 2.37. The lowest BCUT2D eigenvalue weighted by Gasteiger charge is -2.32. The Labute approximate surface area is 165 Å². The second-order valence-electron chi connectivity index (χ2n) is 6.74. The van der Waals surface area contributed by atoms with Crippen LogP contribution < -0.4 is 9.47 Å². The van der Waals surface area contributed by atoms with Crippen molar-refractivity contribution in [2.24, 2.45) is 5.92 Å². The molecule has 3 nitrogen and oxygen atoms in total. The molecule has 26 heavy (non-hydrogen) atoms. The first-order chi connectivity index (χ1) is 12.6. The molecule has 0 saturated carbocycles. The minimum Gasteiger partial charge on any atom is -0.493 e. The third-order valence-electron chi connectivity index (χ3n) is 4.77. The first kappa shape index (κ1) is 19.0. The van der Waals surface area contributed by atoms with Crippen molar-refractivity contribution in [3.8, 4) is 11.5 Å². The Morgan fingerprint density at radius 1 is 1.19 bits per heavy atom. The van der Waals surface area contributed by atoms with Crippen molar-refractivity contribution in [2.45, 2.75) is 26.4 Å². The smallest absolute Gasteiger partial charge is 0.180 e. The minimum atomic E-state index is 0.435. The predicted octanol–water partition coefficient (Wildman–Crippen LogP) is 5.34. The maximum atomic E-state index is 6.50. The van der Waals surface area contributed by atoms with Gasteiger partial charge < -0.3 is 14.4 Å². The summed E-state index contributed by atoms with van der Waals surface area (Å²) in [6, 6.07) is 13.8. The molecule has 0 N–H and O–H groups in total. The van der Waals surface area contributed by atoms with E-state index in [0.29, 0.717) is 23.1 Å². The number of likely N-dealkylation sites (tertiary alicyclic amines) is 1. The summed E-state index contributed by atoms with van der Waals surface area (Å²) in [6.07, 6.45) is 2.34. The topological polar surface area (TPSA) is 21.7 Å². The van der Waals surface area contributed by atoms with E-state index in [-0.39, 0.29) is 0 Å². The predicted molar refractivity (Wildman–Crippen MR) is 110 cm³/mol. The molecule has 0 aliphatic carbocycles. The quantitative estimate of drug-likeness (QED) is 0.644. The molecule has 0 radical (unpaired) electrons. The summed E-state index contributed by atoms with van der Waals surface area (Å²) in [7, 11) is 1.62. The summed E-state index contributed by atoms with van der Waals surface area (Å²) in [5.74, 6) is 1.92. The first-order valence-electron chi connectivity index (χ1n) is 8.92. The van der Waals surface area contributed by atoms with E-state index >= 15 is 0 Å². The number of ether oxygens (including phenoxy) is 2. The molecule has 1 fully saturated rings. The average Bonchev–Trinajstić information content (AvgIpc) is 2.67. The maximum Gasteiger partial charge on any atom is 0.180 e. The molecule has 0 amide bonds. The van der Waals surface area contributed by atoms with Crippen molar-refractivity contribution < 1.29 is 9.47 Å². The lowest BCUT2D eigenvalue weighted by molar-refractivity contribution is 0.282. The summed E-state index contributed by atoms with van der Waals surface area (Å²) < 4.78 is 11.4. The molecule has 0 atom stereocenters. The van der Waals surface area contributed by atoms with Crippen LogP contribution in [0.1, 0.15) is 30.9 Å². The van der Waals surface area contributed by atoms with Crippen molar-refractivity contribution >= 4 is 28.8 Å². The molecular weight excluding hydrogens is 366 g/mol. The number of rotatable bonds is 5. The number of piperidine rings is 1. The third kappa shape index (κ3) is 4.49. The summed E-state index contributed by atoms with van der Waals surface area (Å²) >= 11 is 12.2. The van der Waals surface area contributed by atoms with Crippen molar-refractivity contribution in [1.82, 2.24) is 4.90 Å². The van der Waals surface area contributed by atoms with Gasteiger partial charge in [-0.3, -0.25) is 0 Å². The van der Waals surface area contributed by atoms with Crippen LogP contribution in [0.15, 0.2) is 42.5 Å². The van der Waals surface area contributed by atoms with Gasteiger partial charge >= 0.3 is 0 Å². The molecule has 3 rings (SSSR count). The van der Waals surface area contributed by atoms with Crippen LogP contribution in [0.3, 0.4) is 0 Å². The summed E-state index contributed by atoms with van der Waals surface area (Å²) in [5, 5.41) is 0.517. The number of thiocarbonyl (C=S) groups is 1. The number of benzene rings is 2. The van der Waals surface area contributed by atoms with Crippen molar-refractivity contribution in [1.29, 1.82) is 0 Å². The summed E-state index contributed by atoms with van der Waals surface area (Å²) in [6.45, 7) is 4.71. The van der Waals surface area contributed by atoms with Gasteiger partial charge in [0.25, 0.3) is 0 Å². The maximum absolute atomic E-state index is 6.50. The summed E-state index contributed by atoms with van der Waals surface area (Å²) in [4.78, 5) is 3.08. The van der Waals surface area contributed by atoms with Crippen LogP contribution in [-0.4, -0.2) is 30.1 Å². The van der Waals surface area contributed by atoms with Crippen LogP contribution in [0.25, 0.3) is 0 Å². The molecule has 0 unspecified atom stereocenters. The van der Waals surface area contributed by atoms with Gasteiger partial charge in [0, 0.05) is 18.7 Å². The molecule has 0 aromatic heterocycles. The number of hydrogen-bond acceptors (Lipinski definition) is 3. The van der Waals surface area contributed by atoms with Crippen LogP contribution in [-0.2, 0) is 6.61 Å². The van der Waals surface area contributed by atoms with E-state index in [9.17, 15) is 0 Å². The number of nitrogens with zero attached hydrogens (tertiary/aromatic N) is 1. The number of methoxy groups -OCH3 is 1. The zero-order valence-corrected chi connectivity index (χ0v) is 16.8. The fourth-order valence-electron chi connectivity index (χ4n) is 3.11. The normalized spacial score (nSPS) is 15.0. The molecule has 2 aromatic rings. The number of halogens is 1. The Morgan fingerprint density at radius 3 is 2.54 bits per heavy atom. The van der Waals surface area contributed by atoms with E-state index in [4.69, 9.17) is 33.3 Å². The second-order valence-corrected chi connectivity index (χ2v) is 7.53. The number of hydrogen-bond donors (Lipinski definition) is 0. The fraction of sp³-hybridized carbons (Fsp3) is 0.381. The zero-order chi connectivity index (χ0) is 18.5. The lowest BCUT2D eigenvalue weighted by atomic mass is 9.99. The SMILES string of the molecule is COc1cc(C(=S)N2CCC(C)CC2)cc(Cl)c1OCc1ccccc1. The highest BCUT2D eigenvalue weighted by atomic mass is 35.5. The van der Waals surface area contributed by atoms with Crippen molar-refractivity contribution in [3.05, 3.63) is 58.6 Å². The monoisotopic (exact) mass is 389 g/mol. The first-order valence-corrected chi connectivity index (χ1v) is 9.70. The molecular formula is C21H24ClNO2S. The van der Waals surface area contributed by atoms with Crippen LogP contribution in [0.4, 0.5) is 0 Å². The third-order valence-corrected chi connectivity index (χ3v) is 5.55. The summed E-state index contributed by atoms with van der Waals surface area (Å²) in [5.41, 5.74) is 1.98. The van der Waals surface area contributed by atoms with Crippen LogP contribution in [0, 0.1) is 5.92 Å². The van der Waals surface area contributed by atoms with Gasteiger partial charge in [-0.05, 0) is 36.5 Å². The van der Waals surface area contributed by atoms with Crippen molar-refractivity contribution in [2.75, 3.05) is 20.2 Å². The van der Waals surface area contributed by atoms with E-state index in [1.807, 2.05) is 42.5 Å². The molecule has 5 heteroatoms. The molecule has 138 valence electrons. The lowest BCUT2D eigenvalue weighted by Crippen LogP contribution is -2.37. The van der Waals surface area contributed by atoms with Gasteiger partial charge in [-0.1, -0.05) is 61.1 Å². The van der Waals surface area contributed by atoms with Gasteiger partial charge in [-0.15, -0.1) is 0 Å². The Morgan fingerprint density at radius 2 is 1.88 bits per heavy atom. The second kappa shape index (κ2) is 8.74. The average molecular weight is 390 g/mol.